The summed E-state index contributed by atoms with van der Waals surface area (Å²) in [5.74, 6) is -0.334. The number of ether oxygens (including phenoxy) is 1. The number of carbonyl (C=O) groups excluding carboxylic acids is 1. The van der Waals surface area contributed by atoms with Crippen molar-refractivity contribution in [3.63, 3.8) is 0 Å². The van der Waals surface area contributed by atoms with Crippen molar-refractivity contribution in [3.8, 4) is 0 Å². The van der Waals surface area contributed by atoms with Gasteiger partial charge in [-0.25, -0.2) is 0 Å². The number of hydrogen-bond acceptors (Lipinski definition) is 6. The molecule has 0 spiro atoms. The van der Waals surface area contributed by atoms with E-state index in [9.17, 15) is 14.9 Å². The number of carbonyl (C=O) groups is 1. The zero-order chi connectivity index (χ0) is 22.5. The molecule has 0 radical (unpaired) electrons. The number of amides is 1. The summed E-state index contributed by atoms with van der Waals surface area (Å²) < 4.78 is 5.50. The van der Waals surface area contributed by atoms with Crippen molar-refractivity contribution in [1.82, 2.24) is 4.90 Å². The second kappa shape index (κ2) is 10.0. The van der Waals surface area contributed by atoms with Crippen molar-refractivity contribution in [3.05, 3.63) is 64.2 Å². The van der Waals surface area contributed by atoms with Crippen LogP contribution in [0.5, 0.6) is 0 Å². The SMILES string of the molecule is CN(C(=O)c1cc([N+](=O)[O-])ccc1N=CC1CCCN1C1CCOCC1)c1ccccc1. The maximum Gasteiger partial charge on any atom is 0.270 e. The Bertz CT molecular complexity index is 989. The van der Waals surface area contributed by atoms with Crippen LogP contribution in [0.3, 0.4) is 0 Å². The summed E-state index contributed by atoms with van der Waals surface area (Å²) in [7, 11) is 1.66. The minimum Gasteiger partial charge on any atom is -0.381 e. The minimum atomic E-state index is -0.489. The first kappa shape index (κ1) is 22.1. The third-order valence-corrected chi connectivity index (χ3v) is 6.26. The first-order chi connectivity index (χ1) is 15.5. The number of nitro groups is 1. The molecule has 0 aliphatic carbocycles. The predicted molar refractivity (Wildman–Crippen MR) is 124 cm³/mol. The Kier molecular flexibility index (Phi) is 6.92. The molecular weight excluding hydrogens is 408 g/mol. The van der Waals surface area contributed by atoms with Crippen molar-refractivity contribution in [2.75, 3.05) is 31.7 Å². The molecule has 0 aromatic heterocycles. The van der Waals surface area contributed by atoms with Crippen LogP contribution in [0.1, 0.15) is 36.0 Å². The largest absolute Gasteiger partial charge is 0.381 e. The van der Waals surface area contributed by atoms with Crippen LogP contribution in [0, 0.1) is 10.1 Å². The Morgan fingerprint density at radius 1 is 1.19 bits per heavy atom. The van der Waals surface area contributed by atoms with Crippen LogP contribution in [-0.2, 0) is 4.74 Å². The monoisotopic (exact) mass is 436 g/mol. The van der Waals surface area contributed by atoms with Crippen LogP contribution in [0.4, 0.5) is 17.1 Å². The van der Waals surface area contributed by atoms with Gasteiger partial charge < -0.3 is 9.64 Å². The van der Waals surface area contributed by atoms with E-state index in [0.717, 1.165) is 45.4 Å². The van der Waals surface area contributed by atoms with Gasteiger partial charge in [-0.2, -0.15) is 0 Å². The number of likely N-dealkylation sites (tertiary alicyclic amines) is 1. The van der Waals surface area contributed by atoms with Gasteiger partial charge in [0.1, 0.15) is 0 Å². The standard InChI is InChI=1S/C24H28N4O4/c1-26(18-6-3-2-4-7-18)24(29)22-16-20(28(30)31)9-10-23(22)25-17-21-8-5-13-27(21)19-11-14-32-15-12-19/h2-4,6-7,9-10,16-17,19,21H,5,8,11-15H2,1H3. The highest BCUT2D eigenvalue weighted by Crippen LogP contribution is 2.29. The van der Waals surface area contributed by atoms with E-state index in [1.54, 1.807) is 13.1 Å². The van der Waals surface area contributed by atoms with E-state index in [4.69, 9.17) is 4.74 Å². The third kappa shape index (κ3) is 4.87. The molecule has 1 unspecified atom stereocenters. The summed E-state index contributed by atoms with van der Waals surface area (Å²) in [6.45, 7) is 2.61. The molecule has 0 saturated carbocycles. The van der Waals surface area contributed by atoms with Gasteiger partial charge in [0.2, 0.25) is 0 Å². The highest BCUT2D eigenvalue weighted by atomic mass is 16.6. The first-order valence-corrected chi connectivity index (χ1v) is 11.0. The van der Waals surface area contributed by atoms with Gasteiger partial charge in [0.05, 0.1) is 16.2 Å². The average Bonchev–Trinajstić information content (AvgIpc) is 3.31. The molecule has 2 heterocycles. The zero-order valence-electron chi connectivity index (χ0n) is 18.2. The Morgan fingerprint density at radius 3 is 2.66 bits per heavy atom. The molecule has 1 amide bonds. The summed E-state index contributed by atoms with van der Waals surface area (Å²) in [5, 5.41) is 11.3. The lowest BCUT2D eigenvalue weighted by Crippen LogP contribution is -2.43. The molecule has 2 aromatic rings. The van der Waals surface area contributed by atoms with Gasteiger partial charge in [-0.3, -0.25) is 24.8 Å². The molecule has 1 atom stereocenters. The maximum absolute atomic E-state index is 13.3. The van der Waals surface area contributed by atoms with E-state index < -0.39 is 4.92 Å². The van der Waals surface area contributed by atoms with Gasteiger partial charge in [-0.1, -0.05) is 18.2 Å². The van der Waals surface area contributed by atoms with Crippen LogP contribution in [0.25, 0.3) is 0 Å². The van der Waals surface area contributed by atoms with Crippen LogP contribution in [-0.4, -0.2) is 60.8 Å². The number of nitro benzene ring substituents is 1. The number of hydrogen-bond donors (Lipinski definition) is 0. The van der Waals surface area contributed by atoms with Gasteiger partial charge in [0.25, 0.3) is 11.6 Å². The summed E-state index contributed by atoms with van der Waals surface area (Å²) in [4.78, 5) is 32.7. The third-order valence-electron chi connectivity index (χ3n) is 6.26. The van der Waals surface area contributed by atoms with Crippen LogP contribution in [0.15, 0.2) is 53.5 Å². The van der Waals surface area contributed by atoms with Gasteiger partial charge in [0, 0.05) is 56.4 Å². The second-order valence-corrected chi connectivity index (χ2v) is 8.23. The summed E-state index contributed by atoms with van der Waals surface area (Å²) in [6.07, 6.45) is 6.07. The van der Waals surface area contributed by atoms with Crippen LogP contribution >= 0.6 is 0 Å². The van der Waals surface area contributed by atoms with Gasteiger partial charge in [-0.05, 0) is 50.4 Å². The topological polar surface area (TPSA) is 88.3 Å². The molecule has 168 valence electrons. The lowest BCUT2D eigenvalue weighted by molar-refractivity contribution is -0.384. The Morgan fingerprint density at radius 2 is 1.94 bits per heavy atom. The molecule has 0 N–H and O–H groups in total. The zero-order valence-corrected chi connectivity index (χ0v) is 18.2. The molecular formula is C24H28N4O4. The normalized spacial score (nSPS) is 20.0. The number of para-hydroxylation sites is 1. The molecule has 2 aliphatic heterocycles. The van der Waals surface area contributed by atoms with Crippen LogP contribution < -0.4 is 4.90 Å². The molecule has 32 heavy (non-hydrogen) atoms. The highest BCUT2D eigenvalue weighted by molar-refractivity contribution is 6.09. The lowest BCUT2D eigenvalue weighted by atomic mass is 10.1. The average molecular weight is 437 g/mol. The van der Waals surface area contributed by atoms with Crippen LogP contribution in [0.2, 0.25) is 0 Å². The molecule has 2 saturated heterocycles. The fraction of sp³-hybridized carbons (Fsp3) is 0.417. The van der Waals surface area contributed by atoms with E-state index in [1.807, 2.05) is 36.5 Å². The van der Waals surface area contributed by atoms with Crippen molar-refractivity contribution >= 4 is 29.2 Å². The summed E-state index contributed by atoms with van der Waals surface area (Å²) in [5.41, 5.74) is 1.25. The second-order valence-electron chi connectivity index (χ2n) is 8.23. The molecule has 0 bridgehead atoms. The van der Waals surface area contributed by atoms with Gasteiger partial charge >= 0.3 is 0 Å². The quantitative estimate of drug-likeness (QED) is 0.384. The number of non-ortho nitro benzene ring substituents is 1. The molecule has 8 nitrogen and oxygen atoms in total. The summed E-state index contributed by atoms with van der Waals surface area (Å²) >= 11 is 0. The molecule has 8 heteroatoms. The number of benzene rings is 2. The number of rotatable bonds is 6. The van der Waals surface area contributed by atoms with E-state index in [1.165, 1.54) is 17.0 Å². The number of nitrogens with zero attached hydrogens (tertiary/aromatic N) is 4. The van der Waals surface area contributed by atoms with Gasteiger partial charge in [0.15, 0.2) is 0 Å². The fourth-order valence-corrected chi connectivity index (χ4v) is 4.48. The molecule has 4 rings (SSSR count). The van der Waals surface area contributed by atoms with Crippen molar-refractivity contribution < 1.29 is 14.5 Å². The smallest absolute Gasteiger partial charge is 0.270 e. The van der Waals surface area contributed by atoms with Gasteiger partial charge in [-0.15, -0.1) is 0 Å². The lowest BCUT2D eigenvalue weighted by Gasteiger charge is -2.34. The number of aliphatic imine (C=N–C) groups is 1. The Balaban J connectivity index is 1.60. The van der Waals surface area contributed by atoms with E-state index >= 15 is 0 Å². The fourth-order valence-electron chi connectivity index (χ4n) is 4.48. The molecule has 2 aromatic carbocycles. The first-order valence-electron chi connectivity index (χ1n) is 11.0. The maximum atomic E-state index is 13.3. The summed E-state index contributed by atoms with van der Waals surface area (Å²) in [6, 6.07) is 14.2. The number of anilines is 1. The Hall–Kier alpha value is -3.10. The van der Waals surface area contributed by atoms with Crippen molar-refractivity contribution in [1.29, 1.82) is 0 Å². The van der Waals surface area contributed by atoms with E-state index in [2.05, 4.69) is 9.89 Å². The predicted octanol–water partition coefficient (Wildman–Crippen LogP) is 4.22. The molecule has 2 aliphatic rings. The highest BCUT2D eigenvalue weighted by Gasteiger charge is 2.31. The van der Waals surface area contributed by atoms with E-state index in [-0.39, 0.29) is 23.2 Å². The van der Waals surface area contributed by atoms with Crippen molar-refractivity contribution in [2.24, 2.45) is 4.99 Å². The minimum absolute atomic E-state index is 0.126. The Labute approximate surface area is 187 Å². The van der Waals surface area contributed by atoms with Crippen molar-refractivity contribution in [2.45, 2.75) is 37.8 Å². The molecule has 2 fully saturated rings. The van der Waals surface area contributed by atoms with E-state index in [0.29, 0.717) is 17.4 Å².